The first kappa shape index (κ1) is 13.2. The van der Waals surface area contributed by atoms with Gasteiger partial charge in [0.05, 0.1) is 6.20 Å². The molecular formula is C12H24N4. The second kappa shape index (κ2) is 4.97. The molecule has 0 fully saturated rings. The molecule has 0 bridgehead atoms. The molecule has 0 saturated carbocycles. The van der Waals surface area contributed by atoms with Crippen LogP contribution in [-0.2, 0) is 13.0 Å². The number of hydrogen-bond donors (Lipinski definition) is 1. The largest absolute Gasteiger partial charge is 0.326 e. The lowest BCUT2D eigenvalue weighted by molar-refractivity contribution is 0.158. The topological polar surface area (TPSA) is 47.1 Å². The molecule has 4 heteroatoms. The summed E-state index contributed by atoms with van der Waals surface area (Å²) in [6, 6.07) is 0.108. The van der Waals surface area contributed by atoms with Crippen LogP contribution in [0, 0.1) is 0 Å². The third kappa shape index (κ3) is 2.83. The summed E-state index contributed by atoms with van der Waals surface area (Å²) in [5.41, 5.74) is 7.46. The molecule has 0 aliphatic heterocycles. The highest BCUT2D eigenvalue weighted by Gasteiger charge is 2.28. The van der Waals surface area contributed by atoms with Crippen molar-refractivity contribution in [2.24, 2.45) is 5.73 Å². The molecule has 0 aromatic carbocycles. The second-order valence-corrected chi connectivity index (χ2v) is 5.06. The monoisotopic (exact) mass is 224 g/mol. The molecule has 0 amide bonds. The fraction of sp³-hybridized carbons (Fsp3) is 0.750. The Morgan fingerprint density at radius 3 is 2.56 bits per heavy atom. The van der Waals surface area contributed by atoms with Crippen molar-refractivity contribution in [3.63, 3.8) is 0 Å². The number of likely N-dealkylation sites (N-methyl/N-ethyl adjacent to an activating group) is 1. The van der Waals surface area contributed by atoms with Crippen LogP contribution < -0.4 is 5.73 Å². The van der Waals surface area contributed by atoms with Crippen molar-refractivity contribution in [1.82, 2.24) is 14.7 Å². The van der Waals surface area contributed by atoms with Gasteiger partial charge in [0, 0.05) is 24.3 Å². The van der Waals surface area contributed by atoms with Crippen molar-refractivity contribution in [1.29, 1.82) is 0 Å². The van der Waals surface area contributed by atoms with Gasteiger partial charge < -0.3 is 10.6 Å². The van der Waals surface area contributed by atoms with Gasteiger partial charge in [-0.15, -0.1) is 0 Å². The van der Waals surface area contributed by atoms with E-state index < -0.39 is 0 Å². The minimum absolute atomic E-state index is 0.00564. The van der Waals surface area contributed by atoms with Gasteiger partial charge in [-0.05, 0) is 46.9 Å². The van der Waals surface area contributed by atoms with Crippen LogP contribution in [-0.4, -0.2) is 40.4 Å². The van der Waals surface area contributed by atoms with Gasteiger partial charge in [0.1, 0.15) is 0 Å². The summed E-state index contributed by atoms with van der Waals surface area (Å²) >= 11 is 0. The first-order chi connectivity index (χ1) is 7.37. The number of aromatic nitrogens is 2. The van der Waals surface area contributed by atoms with Crippen LogP contribution >= 0.6 is 0 Å². The van der Waals surface area contributed by atoms with Gasteiger partial charge >= 0.3 is 0 Å². The second-order valence-electron chi connectivity index (χ2n) is 5.06. The lowest BCUT2D eigenvalue weighted by Crippen LogP contribution is -2.54. The summed E-state index contributed by atoms with van der Waals surface area (Å²) in [6.07, 6.45) is 4.85. The molecule has 1 atom stereocenters. The number of nitrogens with two attached hydrogens (primary N) is 1. The lowest BCUT2D eigenvalue weighted by Gasteiger charge is -2.38. The minimum atomic E-state index is -0.00564. The maximum Gasteiger partial charge on any atom is 0.0522 e. The van der Waals surface area contributed by atoms with Crippen molar-refractivity contribution >= 4 is 0 Å². The SMILES string of the molecule is CCn1cc(CC(N)C(C)(C)N(C)C)cn1. The van der Waals surface area contributed by atoms with Crippen LogP contribution in [0.15, 0.2) is 12.4 Å². The molecule has 1 aromatic heterocycles. The number of nitrogens with zero attached hydrogens (tertiary/aromatic N) is 3. The Bertz CT molecular complexity index is 328. The number of aryl methyl sites for hydroxylation is 1. The van der Waals surface area contributed by atoms with Gasteiger partial charge in [-0.25, -0.2) is 0 Å². The van der Waals surface area contributed by atoms with E-state index in [0.717, 1.165) is 13.0 Å². The highest BCUT2D eigenvalue weighted by molar-refractivity contribution is 5.08. The standard InChI is InChI=1S/C12H24N4/c1-6-16-9-10(8-14-16)7-11(13)12(2,3)15(4)5/h8-9,11H,6-7,13H2,1-5H3. The molecule has 2 N–H and O–H groups in total. The van der Waals surface area contributed by atoms with E-state index in [-0.39, 0.29) is 11.6 Å². The smallest absolute Gasteiger partial charge is 0.0522 e. The molecule has 92 valence electrons. The van der Waals surface area contributed by atoms with Crippen LogP contribution in [0.3, 0.4) is 0 Å². The third-order valence-corrected chi connectivity index (χ3v) is 3.53. The Kier molecular flexibility index (Phi) is 4.10. The van der Waals surface area contributed by atoms with Gasteiger partial charge in [0.25, 0.3) is 0 Å². The maximum absolute atomic E-state index is 6.26. The fourth-order valence-electron chi connectivity index (χ4n) is 1.52. The molecule has 0 aliphatic rings. The van der Waals surface area contributed by atoms with E-state index in [4.69, 9.17) is 5.73 Å². The molecule has 1 heterocycles. The van der Waals surface area contributed by atoms with Crippen LogP contribution in [0.2, 0.25) is 0 Å². The van der Waals surface area contributed by atoms with Gasteiger partial charge in [-0.3, -0.25) is 4.68 Å². The van der Waals surface area contributed by atoms with Gasteiger partial charge in [-0.1, -0.05) is 0 Å². The van der Waals surface area contributed by atoms with Crippen LogP contribution in [0.1, 0.15) is 26.3 Å². The van der Waals surface area contributed by atoms with E-state index in [1.807, 2.05) is 10.9 Å². The Morgan fingerprint density at radius 1 is 1.50 bits per heavy atom. The fourth-order valence-corrected chi connectivity index (χ4v) is 1.52. The lowest BCUT2D eigenvalue weighted by atomic mass is 9.90. The Morgan fingerprint density at radius 2 is 2.12 bits per heavy atom. The van der Waals surface area contributed by atoms with Gasteiger partial charge in [-0.2, -0.15) is 5.10 Å². The van der Waals surface area contributed by atoms with Crippen molar-refractivity contribution in [2.75, 3.05) is 14.1 Å². The summed E-state index contributed by atoms with van der Waals surface area (Å²) in [7, 11) is 4.13. The summed E-state index contributed by atoms with van der Waals surface area (Å²) in [4.78, 5) is 2.17. The molecule has 0 aliphatic carbocycles. The first-order valence-corrected chi connectivity index (χ1v) is 5.82. The zero-order valence-electron chi connectivity index (χ0n) is 11.1. The molecule has 1 aromatic rings. The molecule has 0 spiro atoms. The molecular weight excluding hydrogens is 200 g/mol. The summed E-state index contributed by atoms with van der Waals surface area (Å²) in [6.45, 7) is 7.33. The Balaban J connectivity index is 2.67. The predicted molar refractivity (Wildman–Crippen MR) is 67.3 cm³/mol. The van der Waals surface area contributed by atoms with E-state index in [1.165, 1.54) is 5.56 Å². The van der Waals surface area contributed by atoms with E-state index in [9.17, 15) is 0 Å². The highest BCUT2D eigenvalue weighted by atomic mass is 15.3. The molecule has 1 rings (SSSR count). The molecule has 0 saturated heterocycles. The first-order valence-electron chi connectivity index (χ1n) is 5.82. The molecule has 16 heavy (non-hydrogen) atoms. The van der Waals surface area contributed by atoms with Crippen LogP contribution in [0.4, 0.5) is 0 Å². The van der Waals surface area contributed by atoms with E-state index in [1.54, 1.807) is 0 Å². The van der Waals surface area contributed by atoms with Crippen molar-refractivity contribution < 1.29 is 0 Å². The average molecular weight is 224 g/mol. The zero-order valence-corrected chi connectivity index (χ0v) is 11.1. The van der Waals surface area contributed by atoms with Crippen molar-refractivity contribution in [2.45, 2.75) is 45.3 Å². The predicted octanol–water partition coefficient (Wildman–Crippen LogP) is 1.11. The van der Waals surface area contributed by atoms with Gasteiger partial charge in [0.2, 0.25) is 0 Å². The zero-order chi connectivity index (χ0) is 12.3. The van der Waals surface area contributed by atoms with E-state index in [0.29, 0.717) is 0 Å². The van der Waals surface area contributed by atoms with Crippen molar-refractivity contribution in [3.8, 4) is 0 Å². The third-order valence-electron chi connectivity index (χ3n) is 3.53. The summed E-state index contributed by atoms with van der Waals surface area (Å²) in [5.74, 6) is 0. The van der Waals surface area contributed by atoms with Gasteiger partial charge in [0.15, 0.2) is 0 Å². The molecule has 1 unspecified atom stereocenters. The minimum Gasteiger partial charge on any atom is -0.326 e. The molecule has 0 radical (unpaired) electrons. The van der Waals surface area contributed by atoms with E-state index in [2.05, 4.69) is 51.1 Å². The number of hydrogen-bond acceptors (Lipinski definition) is 3. The quantitative estimate of drug-likeness (QED) is 0.815. The Hall–Kier alpha value is -0.870. The van der Waals surface area contributed by atoms with Crippen LogP contribution in [0.25, 0.3) is 0 Å². The highest BCUT2D eigenvalue weighted by Crippen LogP contribution is 2.17. The van der Waals surface area contributed by atoms with Crippen LogP contribution in [0.5, 0.6) is 0 Å². The van der Waals surface area contributed by atoms with E-state index >= 15 is 0 Å². The molecule has 4 nitrogen and oxygen atoms in total. The maximum atomic E-state index is 6.26. The Labute approximate surface area is 98.4 Å². The average Bonchev–Trinajstić information content (AvgIpc) is 2.65. The summed E-state index contributed by atoms with van der Waals surface area (Å²) in [5, 5.41) is 4.26. The summed E-state index contributed by atoms with van der Waals surface area (Å²) < 4.78 is 1.94. The van der Waals surface area contributed by atoms with Crippen molar-refractivity contribution in [3.05, 3.63) is 18.0 Å². The number of rotatable bonds is 5. The normalized spacial score (nSPS) is 14.4.